The van der Waals surface area contributed by atoms with Gasteiger partial charge in [-0.05, 0) is 55.5 Å². The molecule has 1 amide bonds. The van der Waals surface area contributed by atoms with Gasteiger partial charge >= 0.3 is 0 Å². The summed E-state index contributed by atoms with van der Waals surface area (Å²) in [5.74, 6) is 1.11. The van der Waals surface area contributed by atoms with Crippen molar-refractivity contribution in [2.45, 2.75) is 31.7 Å². The van der Waals surface area contributed by atoms with Crippen LogP contribution >= 0.6 is 0 Å². The average Bonchev–Trinajstić information content (AvgIpc) is 3.42. The van der Waals surface area contributed by atoms with Crippen molar-refractivity contribution in [2.75, 3.05) is 16.8 Å². The fourth-order valence-electron chi connectivity index (χ4n) is 4.39. The summed E-state index contributed by atoms with van der Waals surface area (Å²) in [7, 11) is 0. The minimum Gasteiger partial charge on any atom is -0.348 e. The van der Waals surface area contributed by atoms with Crippen molar-refractivity contribution in [1.29, 1.82) is 0 Å². The number of carbonyl (C=O) groups is 1. The van der Waals surface area contributed by atoms with Gasteiger partial charge in [0.25, 0.3) is 0 Å². The fraction of sp³-hybridized carbons (Fsp3) is 0.292. The van der Waals surface area contributed by atoms with Crippen LogP contribution in [-0.2, 0) is 4.79 Å². The molecular weight excluding hydrogens is 421 g/mol. The van der Waals surface area contributed by atoms with Crippen molar-refractivity contribution < 1.29 is 9.18 Å². The quantitative estimate of drug-likeness (QED) is 0.501. The lowest BCUT2D eigenvalue weighted by molar-refractivity contribution is -0.117. The molecule has 1 saturated carbocycles. The lowest BCUT2D eigenvalue weighted by Gasteiger charge is -2.26. The van der Waals surface area contributed by atoms with Gasteiger partial charge in [-0.3, -0.25) is 4.79 Å². The second-order valence-corrected chi connectivity index (χ2v) is 8.56. The van der Waals surface area contributed by atoms with Crippen LogP contribution in [0.4, 0.5) is 16.0 Å². The van der Waals surface area contributed by atoms with E-state index in [4.69, 9.17) is 5.10 Å². The van der Waals surface area contributed by atoms with E-state index in [1.54, 1.807) is 35.2 Å². The second-order valence-electron chi connectivity index (χ2n) is 8.56. The molecule has 1 atom stereocenters. The molecule has 3 aromatic heterocycles. The highest BCUT2D eigenvalue weighted by atomic mass is 19.1. The van der Waals surface area contributed by atoms with Crippen LogP contribution < -0.4 is 10.2 Å². The van der Waals surface area contributed by atoms with Crippen LogP contribution in [0.1, 0.15) is 37.3 Å². The van der Waals surface area contributed by atoms with Gasteiger partial charge in [-0.1, -0.05) is 12.1 Å². The number of halogens is 1. The Morgan fingerprint density at radius 1 is 1.03 bits per heavy atom. The van der Waals surface area contributed by atoms with Gasteiger partial charge in [0.15, 0.2) is 11.5 Å². The summed E-state index contributed by atoms with van der Waals surface area (Å²) in [6.07, 6.45) is 8.71. The monoisotopic (exact) mass is 443 g/mol. The number of aromatic nitrogens is 5. The fourth-order valence-corrected chi connectivity index (χ4v) is 4.39. The standard InChI is InChI=1S/C24H22FN7O/c25-17-4-1-3-16(11-17)19-5-2-10-31(19)23-9-8-22-28-13-20(32(22)30-23)18-12-27-21(14-26-18)29-24(33)15-6-7-15/h1,3-4,8-9,11-15,19H,2,5-7,10H2,(H,27,29,33). The normalized spacial score (nSPS) is 18.1. The number of hydrogen-bond acceptors (Lipinski definition) is 6. The first-order chi connectivity index (χ1) is 16.2. The molecule has 4 aromatic rings. The minimum absolute atomic E-state index is 0.00312. The van der Waals surface area contributed by atoms with Crippen molar-refractivity contribution in [1.82, 2.24) is 24.6 Å². The Morgan fingerprint density at radius 2 is 1.94 bits per heavy atom. The molecule has 1 saturated heterocycles. The molecule has 33 heavy (non-hydrogen) atoms. The molecule has 9 heteroatoms. The number of carbonyl (C=O) groups excluding carboxylic acids is 1. The number of nitrogens with zero attached hydrogens (tertiary/aromatic N) is 6. The molecular formula is C24H22FN7O. The van der Waals surface area contributed by atoms with E-state index < -0.39 is 0 Å². The molecule has 6 rings (SSSR count). The number of anilines is 2. The van der Waals surface area contributed by atoms with Crippen LogP contribution in [0.3, 0.4) is 0 Å². The topological polar surface area (TPSA) is 88.3 Å². The van der Waals surface area contributed by atoms with Crippen molar-refractivity contribution >= 4 is 23.2 Å². The highest BCUT2D eigenvalue weighted by Gasteiger charge is 2.30. The van der Waals surface area contributed by atoms with E-state index in [2.05, 4.69) is 25.2 Å². The smallest absolute Gasteiger partial charge is 0.228 e. The van der Waals surface area contributed by atoms with E-state index >= 15 is 0 Å². The highest BCUT2D eigenvalue weighted by Crippen LogP contribution is 2.35. The number of hydrogen-bond donors (Lipinski definition) is 1. The maximum Gasteiger partial charge on any atom is 0.228 e. The lowest BCUT2D eigenvalue weighted by atomic mass is 10.0. The molecule has 8 nitrogen and oxygen atoms in total. The van der Waals surface area contributed by atoms with E-state index in [-0.39, 0.29) is 23.7 Å². The van der Waals surface area contributed by atoms with Crippen molar-refractivity contribution in [3.8, 4) is 11.4 Å². The Morgan fingerprint density at radius 3 is 2.73 bits per heavy atom. The first kappa shape index (κ1) is 19.8. The second kappa shape index (κ2) is 7.91. The van der Waals surface area contributed by atoms with E-state index in [9.17, 15) is 9.18 Å². The van der Waals surface area contributed by atoms with E-state index in [1.165, 1.54) is 6.07 Å². The first-order valence-corrected chi connectivity index (χ1v) is 11.2. The number of fused-ring (bicyclic) bond motifs is 1. The zero-order chi connectivity index (χ0) is 22.4. The summed E-state index contributed by atoms with van der Waals surface area (Å²) in [5.41, 5.74) is 2.97. The third kappa shape index (κ3) is 3.79. The molecule has 1 unspecified atom stereocenters. The molecule has 1 aromatic carbocycles. The lowest BCUT2D eigenvalue weighted by Crippen LogP contribution is -2.24. The van der Waals surface area contributed by atoms with Gasteiger partial charge in [0, 0.05) is 12.5 Å². The van der Waals surface area contributed by atoms with Crippen molar-refractivity contribution in [2.24, 2.45) is 5.92 Å². The summed E-state index contributed by atoms with van der Waals surface area (Å²) in [5, 5.41) is 7.64. The molecule has 2 aliphatic rings. The van der Waals surface area contributed by atoms with Gasteiger partial charge in [-0.2, -0.15) is 0 Å². The van der Waals surface area contributed by atoms with E-state index in [1.807, 2.05) is 18.2 Å². The maximum atomic E-state index is 13.8. The molecule has 1 aliphatic carbocycles. The summed E-state index contributed by atoms with van der Waals surface area (Å²) < 4.78 is 15.6. The predicted octanol–water partition coefficient (Wildman–Crippen LogP) is 4.02. The van der Waals surface area contributed by atoms with Crippen LogP contribution in [0.5, 0.6) is 0 Å². The number of amides is 1. The molecule has 0 radical (unpaired) electrons. The van der Waals surface area contributed by atoms with Crippen LogP contribution in [0.15, 0.2) is 55.0 Å². The summed E-state index contributed by atoms with van der Waals surface area (Å²) in [4.78, 5) is 27.4. The van der Waals surface area contributed by atoms with Gasteiger partial charge in [-0.15, -0.1) is 5.10 Å². The number of benzene rings is 1. The summed E-state index contributed by atoms with van der Waals surface area (Å²) >= 11 is 0. The predicted molar refractivity (Wildman–Crippen MR) is 121 cm³/mol. The zero-order valence-electron chi connectivity index (χ0n) is 17.9. The molecule has 1 N–H and O–H groups in total. The molecule has 166 valence electrons. The first-order valence-electron chi connectivity index (χ1n) is 11.2. The van der Waals surface area contributed by atoms with Crippen molar-refractivity contribution in [3.63, 3.8) is 0 Å². The Bertz CT molecular complexity index is 1330. The van der Waals surface area contributed by atoms with Gasteiger partial charge in [0.05, 0.1) is 24.6 Å². The van der Waals surface area contributed by atoms with Crippen LogP contribution in [0.2, 0.25) is 0 Å². The van der Waals surface area contributed by atoms with Gasteiger partial charge in [0.1, 0.15) is 23.0 Å². The van der Waals surface area contributed by atoms with E-state index in [0.717, 1.165) is 43.6 Å². The maximum absolute atomic E-state index is 13.8. The summed E-state index contributed by atoms with van der Waals surface area (Å²) in [6.45, 7) is 0.846. The largest absolute Gasteiger partial charge is 0.348 e. The SMILES string of the molecule is O=C(Nc1cnc(-c2cnc3ccc(N4CCCC4c4cccc(F)c4)nn23)cn1)C1CC1. The van der Waals surface area contributed by atoms with Gasteiger partial charge in [-0.25, -0.2) is 23.9 Å². The molecule has 0 spiro atoms. The number of rotatable bonds is 5. The van der Waals surface area contributed by atoms with E-state index in [0.29, 0.717) is 22.9 Å². The summed E-state index contributed by atoms with van der Waals surface area (Å²) in [6, 6.07) is 10.7. The highest BCUT2D eigenvalue weighted by molar-refractivity contribution is 5.93. The Balaban J connectivity index is 1.30. The Labute approximate surface area is 189 Å². The number of nitrogens with one attached hydrogen (secondary N) is 1. The minimum atomic E-state index is -0.227. The average molecular weight is 443 g/mol. The molecule has 2 fully saturated rings. The Kier molecular flexibility index (Phi) is 4.74. The third-order valence-electron chi connectivity index (χ3n) is 6.24. The third-order valence-corrected chi connectivity index (χ3v) is 6.24. The van der Waals surface area contributed by atoms with Crippen molar-refractivity contribution in [3.05, 3.63) is 66.4 Å². The Hall–Kier alpha value is -3.88. The molecule has 0 bridgehead atoms. The zero-order valence-corrected chi connectivity index (χ0v) is 17.9. The molecule has 1 aliphatic heterocycles. The van der Waals surface area contributed by atoms with Crippen LogP contribution in [0.25, 0.3) is 17.0 Å². The molecule has 4 heterocycles. The van der Waals surface area contributed by atoms with Gasteiger partial charge in [0.2, 0.25) is 5.91 Å². The van der Waals surface area contributed by atoms with Gasteiger partial charge < -0.3 is 10.2 Å². The van der Waals surface area contributed by atoms with Crippen LogP contribution in [-0.4, -0.2) is 37.0 Å². The number of imidazole rings is 1. The van der Waals surface area contributed by atoms with Crippen LogP contribution in [0, 0.1) is 11.7 Å².